The van der Waals surface area contributed by atoms with Gasteiger partial charge >= 0.3 is 12.1 Å². The lowest BCUT2D eigenvalue weighted by Gasteiger charge is -2.27. The molecule has 120 valence electrons. The van der Waals surface area contributed by atoms with Gasteiger partial charge in [-0.15, -0.1) is 5.48 Å². The van der Waals surface area contributed by atoms with Crippen LogP contribution in [0, 0.1) is 0 Å². The van der Waals surface area contributed by atoms with Gasteiger partial charge in [-0.05, 0) is 39.2 Å². The molecule has 22 heavy (non-hydrogen) atoms. The average molecular weight is 305 g/mol. The summed E-state index contributed by atoms with van der Waals surface area (Å²) in [7, 11) is 0. The molecule has 0 aliphatic heterocycles. The first-order valence-electron chi connectivity index (χ1n) is 7.59. The van der Waals surface area contributed by atoms with E-state index in [9.17, 15) is 9.59 Å². The molecule has 1 aromatic rings. The van der Waals surface area contributed by atoms with Gasteiger partial charge in [0.1, 0.15) is 5.60 Å². The van der Waals surface area contributed by atoms with Gasteiger partial charge in [0.15, 0.2) is 0 Å². The Bertz CT molecular complexity index is 527. The second-order valence-corrected chi connectivity index (χ2v) is 6.65. The maximum absolute atomic E-state index is 12.5. The molecule has 1 aliphatic rings. The predicted molar refractivity (Wildman–Crippen MR) is 82.0 cm³/mol. The molecule has 1 saturated carbocycles. The molecule has 1 aliphatic carbocycles. The van der Waals surface area contributed by atoms with E-state index in [0.29, 0.717) is 0 Å². The smallest absolute Gasteiger partial charge is 0.441 e. The molecule has 0 spiro atoms. The van der Waals surface area contributed by atoms with Crippen molar-refractivity contribution in [2.75, 3.05) is 0 Å². The van der Waals surface area contributed by atoms with Gasteiger partial charge in [0, 0.05) is 0 Å². The van der Waals surface area contributed by atoms with Crippen LogP contribution in [0.3, 0.4) is 0 Å². The van der Waals surface area contributed by atoms with Gasteiger partial charge in [-0.1, -0.05) is 43.2 Å². The van der Waals surface area contributed by atoms with E-state index < -0.39 is 23.1 Å². The number of ether oxygens (including phenoxy) is 1. The number of rotatable bonds is 2. The van der Waals surface area contributed by atoms with Crippen LogP contribution >= 0.6 is 0 Å². The molecule has 0 bridgehead atoms. The molecule has 1 N–H and O–H groups in total. The number of carbonyl (C=O) groups excluding carboxylic acids is 2. The summed E-state index contributed by atoms with van der Waals surface area (Å²) in [6.45, 7) is 5.24. The third-order valence-electron chi connectivity index (χ3n) is 3.80. The summed E-state index contributed by atoms with van der Waals surface area (Å²) in [5, 5.41) is 0. The van der Waals surface area contributed by atoms with Crippen LogP contribution in [0.5, 0.6) is 0 Å². The quantitative estimate of drug-likeness (QED) is 0.850. The number of hydrogen-bond donors (Lipinski definition) is 1. The molecule has 2 rings (SSSR count). The normalized spacial score (nSPS) is 16.9. The van der Waals surface area contributed by atoms with E-state index in [0.717, 1.165) is 31.2 Å². The lowest BCUT2D eigenvalue weighted by Crippen LogP contribution is -2.41. The third-order valence-corrected chi connectivity index (χ3v) is 3.80. The summed E-state index contributed by atoms with van der Waals surface area (Å²) in [4.78, 5) is 29.2. The van der Waals surface area contributed by atoms with Crippen molar-refractivity contribution in [2.24, 2.45) is 0 Å². The Kier molecular flexibility index (Phi) is 4.74. The number of hydroxylamine groups is 1. The Balaban J connectivity index is 2.04. The molecule has 5 nitrogen and oxygen atoms in total. The summed E-state index contributed by atoms with van der Waals surface area (Å²) in [6, 6.07) is 9.59. The summed E-state index contributed by atoms with van der Waals surface area (Å²) in [6.07, 6.45) is 2.63. The van der Waals surface area contributed by atoms with Gasteiger partial charge in [-0.2, -0.15) is 0 Å². The Hall–Kier alpha value is -2.04. The minimum absolute atomic E-state index is 0.429. The molecule has 1 amide bonds. The molecule has 0 unspecified atom stereocenters. The second kappa shape index (κ2) is 6.38. The van der Waals surface area contributed by atoms with Gasteiger partial charge in [0.2, 0.25) is 0 Å². The standard InChI is InChI=1S/C17H23NO4/c1-16(2,3)21-15(20)18-22-14(19)17(11-7-8-12-17)13-9-5-4-6-10-13/h4-6,9-10H,7-8,11-12H2,1-3H3,(H,18,20). The highest BCUT2D eigenvalue weighted by Crippen LogP contribution is 2.41. The SMILES string of the molecule is CC(C)(C)OC(=O)NOC(=O)C1(c2ccccc2)CCCC1. The zero-order chi connectivity index (χ0) is 16.2. The van der Waals surface area contributed by atoms with Crippen LogP contribution in [-0.2, 0) is 19.8 Å². The topological polar surface area (TPSA) is 64.6 Å². The van der Waals surface area contributed by atoms with Crippen molar-refractivity contribution in [3.05, 3.63) is 35.9 Å². The van der Waals surface area contributed by atoms with Gasteiger partial charge in [-0.3, -0.25) is 0 Å². The molecule has 1 aromatic carbocycles. The summed E-state index contributed by atoms with van der Waals surface area (Å²) < 4.78 is 5.06. The van der Waals surface area contributed by atoms with Crippen molar-refractivity contribution in [1.82, 2.24) is 5.48 Å². The van der Waals surface area contributed by atoms with E-state index in [1.807, 2.05) is 30.3 Å². The van der Waals surface area contributed by atoms with Crippen molar-refractivity contribution in [3.63, 3.8) is 0 Å². The lowest BCUT2D eigenvalue weighted by atomic mass is 9.79. The van der Waals surface area contributed by atoms with Gasteiger partial charge in [-0.25, -0.2) is 9.59 Å². The number of nitrogens with one attached hydrogen (secondary N) is 1. The van der Waals surface area contributed by atoms with E-state index >= 15 is 0 Å². The highest BCUT2D eigenvalue weighted by molar-refractivity contribution is 5.84. The highest BCUT2D eigenvalue weighted by atomic mass is 16.7. The average Bonchev–Trinajstić information content (AvgIpc) is 2.95. The van der Waals surface area contributed by atoms with Crippen molar-refractivity contribution < 1.29 is 19.2 Å². The van der Waals surface area contributed by atoms with Crippen molar-refractivity contribution in [1.29, 1.82) is 0 Å². The van der Waals surface area contributed by atoms with Gasteiger partial charge in [0.25, 0.3) is 0 Å². The minimum atomic E-state index is -0.762. The van der Waals surface area contributed by atoms with Crippen molar-refractivity contribution in [2.45, 2.75) is 57.5 Å². The fourth-order valence-corrected chi connectivity index (χ4v) is 2.83. The maximum Gasteiger partial charge on any atom is 0.441 e. The molecule has 0 saturated heterocycles. The largest absolute Gasteiger partial charge is 0.442 e. The minimum Gasteiger partial charge on any atom is -0.442 e. The maximum atomic E-state index is 12.5. The number of amides is 1. The van der Waals surface area contributed by atoms with E-state index in [-0.39, 0.29) is 0 Å². The lowest BCUT2D eigenvalue weighted by molar-refractivity contribution is -0.157. The first kappa shape index (κ1) is 16.3. The fraction of sp³-hybridized carbons (Fsp3) is 0.529. The molecule has 5 heteroatoms. The second-order valence-electron chi connectivity index (χ2n) is 6.65. The first-order chi connectivity index (χ1) is 10.3. The van der Waals surface area contributed by atoms with Gasteiger partial charge in [0.05, 0.1) is 5.41 Å². The fourth-order valence-electron chi connectivity index (χ4n) is 2.83. The third kappa shape index (κ3) is 3.78. The van der Waals surface area contributed by atoms with E-state index in [2.05, 4.69) is 5.48 Å². The Morgan fingerprint density at radius 2 is 1.68 bits per heavy atom. The van der Waals surface area contributed by atoms with Crippen LogP contribution in [0.1, 0.15) is 52.0 Å². The predicted octanol–water partition coefficient (Wildman–Crippen LogP) is 3.48. The number of carbonyl (C=O) groups is 2. The van der Waals surface area contributed by atoms with Crippen molar-refractivity contribution in [3.8, 4) is 0 Å². The number of benzene rings is 1. The van der Waals surface area contributed by atoms with Crippen LogP contribution in [0.25, 0.3) is 0 Å². The summed E-state index contributed by atoms with van der Waals surface area (Å²) in [5.74, 6) is -0.429. The molecular formula is C17H23NO4. The molecule has 0 heterocycles. The highest BCUT2D eigenvalue weighted by Gasteiger charge is 2.44. The zero-order valence-electron chi connectivity index (χ0n) is 13.3. The van der Waals surface area contributed by atoms with E-state index in [1.165, 1.54) is 0 Å². The van der Waals surface area contributed by atoms with Crippen LogP contribution < -0.4 is 5.48 Å². The molecule has 1 fully saturated rings. The van der Waals surface area contributed by atoms with E-state index in [4.69, 9.17) is 9.57 Å². The molecule has 0 radical (unpaired) electrons. The molecule has 0 aromatic heterocycles. The van der Waals surface area contributed by atoms with Crippen LogP contribution in [-0.4, -0.2) is 17.7 Å². The molecular weight excluding hydrogens is 282 g/mol. The Morgan fingerprint density at radius 1 is 1.09 bits per heavy atom. The van der Waals surface area contributed by atoms with Crippen LogP contribution in [0.2, 0.25) is 0 Å². The first-order valence-corrected chi connectivity index (χ1v) is 7.59. The van der Waals surface area contributed by atoms with Crippen molar-refractivity contribution >= 4 is 12.1 Å². The molecule has 0 atom stereocenters. The Labute approximate surface area is 130 Å². The van der Waals surface area contributed by atoms with Crippen LogP contribution in [0.15, 0.2) is 30.3 Å². The van der Waals surface area contributed by atoms with E-state index in [1.54, 1.807) is 20.8 Å². The van der Waals surface area contributed by atoms with Crippen LogP contribution in [0.4, 0.5) is 4.79 Å². The zero-order valence-corrected chi connectivity index (χ0v) is 13.3. The number of hydrogen-bond acceptors (Lipinski definition) is 4. The van der Waals surface area contributed by atoms with Gasteiger partial charge < -0.3 is 9.57 Å². The monoisotopic (exact) mass is 305 g/mol. The summed E-state index contributed by atoms with van der Waals surface area (Å²) in [5.41, 5.74) is 1.73. The Morgan fingerprint density at radius 3 is 2.23 bits per heavy atom. The summed E-state index contributed by atoms with van der Waals surface area (Å²) >= 11 is 0.